The lowest BCUT2D eigenvalue weighted by Gasteiger charge is -2.08. The summed E-state index contributed by atoms with van der Waals surface area (Å²) in [5.74, 6) is -0.795. The van der Waals surface area contributed by atoms with E-state index in [0.717, 1.165) is 14.6 Å². The van der Waals surface area contributed by atoms with E-state index >= 15 is 0 Å². The second kappa shape index (κ2) is 9.35. The normalized spacial score (nSPS) is 14.4. The molecule has 0 fully saturated rings. The number of benzene rings is 3. The predicted molar refractivity (Wildman–Crippen MR) is 138 cm³/mol. The molecule has 1 aliphatic rings. The monoisotopic (exact) mass is 571 g/mol. The summed E-state index contributed by atoms with van der Waals surface area (Å²) >= 11 is 17.2. The number of esters is 2. The molecule has 4 aromatic rings. The molecule has 9 heteroatoms. The van der Waals surface area contributed by atoms with Crippen LogP contribution in [0.5, 0.6) is 5.75 Å². The molecule has 0 bridgehead atoms. The van der Waals surface area contributed by atoms with Gasteiger partial charge in [-0.05, 0) is 54.6 Å². The van der Waals surface area contributed by atoms with E-state index in [1.807, 2.05) is 24.3 Å². The van der Waals surface area contributed by atoms with Crippen molar-refractivity contribution in [2.75, 3.05) is 0 Å². The zero-order valence-electron chi connectivity index (χ0n) is 17.1. The fourth-order valence-electron chi connectivity index (χ4n) is 3.27. The minimum atomic E-state index is -0.626. The van der Waals surface area contributed by atoms with E-state index in [1.54, 1.807) is 42.5 Å². The van der Waals surface area contributed by atoms with E-state index < -0.39 is 11.9 Å². The van der Waals surface area contributed by atoms with Crippen LogP contribution in [0, 0.1) is 0 Å². The molecule has 34 heavy (non-hydrogen) atoms. The number of carbonyl (C=O) groups is 2. The lowest BCUT2D eigenvalue weighted by Crippen LogP contribution is -2.09. The third-order valence-electron chi connectivity index (χ3n) is 4.90. The molecule has 0 radical (unpaired) electrons. The van der Waals surface area contributed by atoms with Crippen LogP contribution >= 0.6 is 50.5 Å². The number of thiophene rings is 1. The molecule has 3 aromatic carbocycles. The second-order valence-electron chi connectivity index (χ2n) is 7.16. The molecule has 0 aliphatic carbocycles. The third kappa shape index (κ3) is 4.52. The summed E-state index contributed by atoms with van der Waals surface area (Å²) in [4.78, 5) is 30.1. The molecule has 0 N–H and O–H groups in total. The van der Waals surface area contributed by atoms with Crippen molar-refractivity contribution in [1.29, 1.82) is 0 Å². The van der Waals surface area contributed by atoms with Crippen LogP contribution in [-0.4, -0.2) is 17.8 Å². The molecule has 0 saturated heterocycles. The van der Waals surface area contributed by atoms with Crippen LogP contribution in [0.1, 0.15) is 20.8 Å². The Morgan fingerprint density at radius 1 is 1.06 bits per heavy atom. The predicted octanol–water partition coefficient (Wildman–Crippen LogP) is 7.53. The summed E-state index contributed by atoms with van der Waals surface area (Å²) in [5, 5.41) is 1.86. The van der Waals surface area contributed by atoms with Gasteiger partial charge in [0.15, 0.2) is 5.70 Å². The van der Waals surface area contributed by atoms with E-state index in [2.05, 4.69) is 20.9 Å². The van der Waals surface area contributed by atoms with Crippen LogP contribution in [0.2, 0.25) is 10.0 Å². The lowest BCUT2D eigenvalue weighted by atomic mass is 10.1. The Hall–Kier alpha value is -2.97. The summed E-state index contributed by atoms with van der Waals surface area (Å²) < 4.78 is 12.7. The first-order valence-corrected chi connectivity index (χ1v) is 12.2. The van der Waals surface area contributed by atoms with Gasteiger partial charge in [0.1, 0.15) is 10.6 Å². The first kappa shape index (κ1) is 22.8. The van der Waals surface area contributed by atoms with Gasteiger partial charge >= 0.3 is 11.9 Å². The van der Waals surface area contributed by atoms with Crippen molar-refractivity contribution >= 4 is 84.5 Å². The Kier molecular flexibility index (Phi) is 6.27. The molecule has 168 valence electrons. The molecule has 0 unspecified atom stereocenters. The highest BCUT2D eigenvalue weighted by molar-refractivity contribution is 9.10. The Balaban J connectivity index is 1.49. The second-order valence-corrected chi connectivity index (χ2v) is 9.94. The molecule has 0 atom stereocenters. The highest BCUT2D eigenvalue weighted by Crippen LogP contribution is 2.37. The van der Waals surface area contributed by atoms with Gasteiger partial charge in [0.05, 0.1) is 10.6 Å². The quantitative estimate of drug-likeness (QED) is 0.144. The fourth-order valence-corrected chi connectivity index (χ4v) is 5.22. The smallest absolute Gasteiger partial charge is 0.363 e. The minimum absolute atomic E-state index is 0.0606. The van der Waals surface area contributed by atoms with Gasteiger partial charge in [0.2, 0.25) is 5.90 Å². The molecular weight excluding hydrogens is 561 g/mol. The van der Waals surface area contributed by atoms with Crippen molar-refractivity contribution in [1.82, 2.24) is 0 Å². The topological polar surface area (TPSA) is 65.0 Å². The van der Waals surface area contributed by atoms with Gasteiger partial charge < -0.3 is 9.47 Å². The van der Waals surface area contributed by atoms with Gasteiger partial charge in [-0.2, -0.15) is 0 Å². The van der Waals surface area contributed by atoms with Gasteiger partial charge in [-0.25, -0.2) is 14.6 Å². The summed E-state index contributed by atoms with van der Waals surface area (Å²) in [6.07, 6.45) is 1.51. The number of hydrogen-bond donors (Lipinski definition) is 0. The van der Waals surface area contributed by atoms with Gasteiger partial charge in [-0.1, -0.05) is 57.3 Å². The lowest BCUT2D eigenvalue weighted by molar-refractivity contribution is -0.129. The summed E-state index contributed by atoms with van der Waals surface area (Å²) in [5.41, 5.74) is 0.868. The summed E-state index contributed by atoms with van der Waals surface area (Å²) in [6.45, 7) is 0. The number of ether oxygens (including phenoxy) is 2. The maximum absolute atomic E-state index is 12.6. The van der Waals surface area contributed by atoms with Crippen molar-refractivity contribution in [2.45, 2.75) is 0 Å². The van der Waals surface area contributed by atoms with Gasteiger partial charge in [-0.15, -0.1) is 11.3 Å². The molecular formula is C25H12BrCl2NO4S. The number of carbonyl (C=O) groups excluding carboxylic acids is 2. The Labute approximate surface area is 216 Å². The number of hydrogen-bond acceptors (Lipinski definition) is 6. The van der Waals surface area contributed by atoms with Gasteiger partial charge in [0, 0.05) is 25.1 Å². The van der Waals surface area contributed by atoms with Crippen LogP contribution in [-0.2, 0) is 9.53 Å². The zero-order valence-corrected chi connectivity index (χ0v) is 21.0. The van der Waals surface area contributed by atoms with Crippen LogP contribution in [0.25, 0.3) is 16.2 Å². The SMILES string of the molecule is O=C1OC(c2sc3ccccc3c2Cl)=N/C1=C/c1cc(Br)ccc1OC(=O)c1ccc(Cl)cc1. The van der Waals surface area contributed by atoms with E-state index in [-0.39, 0.29) is 17.3 Å². The Morgan fingerprint density at radius 3 is 2.59 bits per heavy atom. The Bertz CT molecular complexity index is 1530. The number of rotatable bonds is 4. The number of halogens is 3. The maximum Gasteiger partial charge on any atom is 0.363 e. The van der Waals surface area contributed by atoms with Crippen LogP contribution in [0.4, 0.5) is 0 Å². The van der Waals surface area contributed by atoms with Crippen LogP contribution in [0.3, 0.4) is 0 Å². The van der Waals surface area contributed by atoms with E-state index in [4.69, 9.17) is 32.7 Å². The summed E-state index contributed by atoms with van der Waals surface area (Å²) in [6, 6.07) is 19.0. The number of cyclic esters (lactones) is 1. The first-order valence-electron chi connectivity index (χ1n) is 9.86. The maximum atomic E-state index is 12.6. The third-order valence-corrected chi connectivity index (χ3v) is 7.30. The number of nitrogens with zero attached hydrogens (tertiary/aromatic N) is 1. The van der Waals surface area contributed by atoms with Crippen LogP contribution < -0.4 is 4.74 Å². The molecule has 1 aliphatic heterocycles. The minimum Gasteiger partial charge on any atom is -0.422 e. The largest absolute Gasteiger partial charge is 0.422 e. The Morgan fingerprint density at radius 2 is 1.82 bits per heavy atom. The van der Waals surface area contributed by atoms with E-state index in [1.165, 1.54) is 17.4 Å². The average molecular weight is 573 g/mol. The van der Waals surface area contributed by atoms with Crippen molar-refractivity contribution in [2.24, 2.45) is 4.99 Å². The average Bonchev–Trinajstić information content (AvgIpc) is 3.35. The fraction of sp³-hybridized carbons (Fsp3) is 0. The summed E-state index contributed by atoms with van der Waals surface area (Å²) in [7, 11) is 0. The van der Waals surface area contributed by atoms with E-state index in [0.29, 0.717) is 26.0 Å². The standard InChI is InChI=1S/C25H12BrCl2NO4S/c26-15-7-10-19(32-24(30)13-5-8-16(27)9-6-13)14(11-15)12-18-25(31)33-23(29-18)22-21(28)17-3-1-2-4-20(17)34-22/h1-12H/b18-12+. The van der Waals surface area contributed by atoms with Crippen molar-refractivity contribution in [3.8, 4) is 5.75 Å². The molecule has 5 rings (SSSR count). The van der Waals surface area contributed by atoms with Gasteiger partial charge in [0.25, 0.3) is 0 Å². The van der Waals surface area contributed by atoms with E-state index in [9.17, 15) is 9.59 Å². The van der Waals surface area contributed by atoms with Crippen LogP contribution in [0.15, 0.2) is 81.9 Å². The van der Waals surface area contributed by atoms with Crippen molar-refractivity contribution in [3.63, 3.8) is 0 Å². The molecule has 0 spiro atoms. The molecule has 5 nitrogen and oxygen atoms in total. The first-order chi connectivity index (χ1) is 16.4. The number of aliphatic imine (C=N–C) groups is 1. The highest BCUT2D eigenvalue weighted by Gasteiger charge is 2.28. The zero-order chi connectivity index (χ0) is 23.8. The van der Waals surface area contributed by atoms with Crippen molar-refractivity contribution < 1.29 is 19.1 Å². The molecule has 2 heterocycles. The van der Waals surface area contributed by atoms with Crippen molar-refractivity contribution in [3.05, 3.63) is 103 Å². The molecule has 0 amide bonds. The number of fused-ring (bicyclic) bond motifs is 1. The molecule has 1 aromatic heterocycles. The molecule has 0 saturated carbocycles. The van der Waals surface area contributed by atoms with Gasteiger partial charge in [-0.3, -0.25) is 0 Å². The highest BCUT2D eigenvalue weighted by atomic mass is 79.9.